The lowest BCUT2D eigenvalue weighted by atomic mass is 10.1. The zero-order valence-corrected chi connectivity index (χ0v) is 17.9. The number of esters is 1. The summed E-state index contributed by atoms with van der Waals surface area (Å²) in [6, 6.07) is 9.48. The number of amides is 1. The molecule has 30 heavy (non-hydrogen) atoms. The maximum absolute atomic E-state index is 12.7. The molecule has 156 valence electrons. The molecule has 7 nitrogen and oxygen atoms in total. The van der Waals surface area contributed by atoms with Crippen molar-refractivity contribution in [3.8, 4) is 11.5 Å². The summed E-state index contributed by atoms with van der Waals surface area (Å²) in [6.07, 6.45) is 0.127. The Balaban J connectivity index is 1.70. The fraction of sp³-hybridized carbons (Fsp3) is 0.318. The quantitative estimate of drug-likeness (QED) is 0.585. The normalized spacial score (nSPS) is 13.1. The van der Waals surface area contributed by atoms with E-state index in [1.54, 1.807) is 23.6 Å². The molecular weight excluding hydrogens is 404 g/mol. The van der Waals surface area contributed by atoms with Crippen molar-refractivity contribution in [1.82, 2.24) is 4.57 Å². The van der Waals surface area contributed by atoms with Crippen LogP contribution in [0.25, 0.3) is 10.2 Å². The van der Waals surface area contributed by atoms with E-state index in [1.807, 2.05) is 26.0 Å². The minimum atomic E-state index is -0.360. The lowest BCUT2D eigenvalue weighted by Gasteiger charge is -2.06. The van der Waals surface area contributed by atoms with Crippen molar-refractivity contribution >= 4 is 33.4 Å². The van der Waals surface area contributed by atoms with E-state index in [0.717, 1.165) is 26.9 Å². The molecule has 0 radical (unpaired) electrons. The predicted octanol–water partition coefficient (Wildman–Crippen LogP) is 3.28. The highest BCUT2D eigenvalue weighted by Gasteiger charge is 2.16. The summed E-state index contributed by atoms with van der Waals surface area (Å²) < 4.78 is 18.6. The molecule has 2 aromatic carbocycles. The van der Waals surface area contributed by atoms with E-state index in [2.05, 4.69) is 11.1 Å². The number of rotatable bonds is 5. The van der Waals surface area contributed by atoms with E-state index < -0.39 is 0 Å². The lowest BCUT2D eigenvalue weighted by Crippen LogP contribution is -2.23. The van der Waals surface area contributed by atoms with E-state index in [0.29, 0.717) is 22.9 Å². The van der Waals surface area contributed by atoms with E-state index in [4.69, 9.17) is 14.2 Å². The number of aromatic nitrogens is 1. The Morgan fingerprint density at radius 1 is 1.17 bits per heavy atom. The molecule has 1 aromatic heterocycles. The second-order valence-electron chi connectivity index (χ2n) is 7.08. The van der Waals surface area contributed by atoms with Gasteiger partial charge in [-0.1, -0.05) is 23.5 Å². The number of carbonyl (C=O) groups excluding carboxylic acids is 2. The Bertz CT molecular complexity index is 1210. The average Bonchev–Trinajstić information content (AvgIpc) is 3.27. The number of carbonyl (C=O) groups is 2. The summed E-state index contributed by atoms with van der Waals surface area (Å²) in [4.78, 5) is 29.7. The summed E-state index contributed by atoms with van der Waals surface area (Å²) in [6.45, 7) is 6.27. The Hall–Kier alpha value is -3.13. The number of ether oxygens (including phenoxy) is 3. The van der Waals surface area contributed by atoms with Gasteiger partial charge in [-0.05, 0) is 55.7 Å². The molecule has 2 heterocycles. The molecular formula is C22H22N2O5S. The molecule has 3 aromatic rings. The Kier molecular flexibility index (Phi) is 5.59. The van der Waals surface area contributed by atoms with Gasteiger partial charge in [0, 0.05) is 0 Å². The molecule has 4 rings (SSSR count). The Labute approximate surface area is 177 Å². The summed E-state index contributed by atoms with van der Waals surface area (Å²) in [5, 5.41) is 0. The summed E-state index contributed by atoms with van der Waals surface area (Å²) >= 11 is 1.40. The maximum Gasteiger partial charge on any atom is 0.326 e. The third kappa shape index (κ3) is 4.09. The molecule has 1 aliphatic rings. The number of benzene rings is 2. The third-order valence-electron chi connectivity index (χ3n) is 4.72. The van der Waals surface area contributed by atoms with E-state index in [-0.39, 0.29) is 31.6 Å². The first kappa shape index (κ1) is 20.2. The van der Waals surface area contributed by atoms with Crippen LogP contribution in [-0.4, -0.2) is 29.8 Å². The summed E-state index contributed by atoms with van der Waals surface area (Å²) in [5.41, 5.74) is 3.82. The second kappa shape index (κ2) is 8.31. The minimum Gasteiger partial charge on any atom is -0.465 e. The molecule has 1 aliphatic heterocycles. The van der Waals surface area contributed by atoms with Gasteiger partial charge in [0.25, 0.3) is 5.91 Å². The van der Waals surface area contributed by atoms with Crippen LogP contribution < -0.4 is 14.3 Å². The van der Waals surface area contributed by atoms with Gasteiger partial charge < -0.3 is 18.8 Å². The van der Waals surface area contributed by atoms with Gasteiger partial charge in [0.05, 0.1) is 23.2 Å². The molecule has 0 N–H and O–H groups in total. The van der Waals surface area contributed by atoms with Gasteiger partial charge in [-0.3, -0.25) is 9.59 Å². The second-order valence-corrected chi connectivity index (χ2v) is 8.05. The highest BCUT2D eigenvalue weighted by molar-refractivity contribution is 7.16. The van der Waals surface area contributed by atoms with Crippen LogP contribution in [0.1, 0.15) is 23.6 Å². The first-order chi connectivity index (χ1) is 14.4. The standard InChI is InChI=1S/C22H22N2O5S/c1-4-27-20(26)11-24-16-8-13(2)7-14(3)21(16)30-22(24)23-19(25)10-15-5-6-17-18(9-15)29-12-28-17/h5-9H,4,10-12H2,1-3H3. The van der Waals surface area contributed by atoms with Gasteiger partial charge in [-0.15, -0.1) is 0 Å². The van der Waals surface area contributed by atoms with Gasteiger partial charge in [-0.25, -0.2) is 0 Å². The van der Waals surface area contributed by atoms with Crippen LogP contribution in [0.4, 0.5) is 0 Å². The van der Waals surface area contributed by atoms with Crippen molar-refractivity contribution in [1.29, 1.82) is 0 Å². The van der Waals surface area contributed by atoms with Crippen LogP contribution in [0.5, 0.6) is 11.5 Å². The number of aryl methyl sites for hydroxylation is 2. The molecule has 8 heteroatoms. The van der Waals surface area contributed by atoms with Crippen molar-refractivity contribution in [3.05, 3.63) is 51.8 Å². The van der Waals surface area contributed by atoms with E-state index >= 15 is 0 Å². The number of thiazole rings is 1. The van der Waals surface area contributed by atoms with Crippen molar-refractivity contribution in [2.45, 2.75) is 33.7 Å². The van der Waals surface area contributed by atoms with Gasteiger partial charge in [0.2, 0.25) is 6.79 Å². The first-order valence-electron chi connectivity index (χ1n) is 9.67. The van der Waals surface area contributed by atoms with Crippen LogP contribution >= 0.6 is 11.3 Å². The molecule has 0 unspecified atom stereocenters. The van der Waals surface area contributed by atoms with Crippen LogP contribution in [0.15, 0.2) is 35.3 Å². The third-order valence-corrected chi connectivity index (χ3v) is 5.95. The van der Waals surface area contributed by atoms with Gasteiger partial charge in [0.15, 0.2) is 16.3 Å². The molecule has 0 saturated carbocycles. The smallest absolute Gasteiger partial charge is 0.326 e. The van der Waals surface area contributed by atoms with Gasteiger partial charge in [0.1, 0.15) is 6.54 Å². The summed E-state index contributed by atoms with van der Waals surface area (Å²) in [7, 11) is 0. The molecule has 0 atom stereocenters. The lowest BCUT2D eigenvalue weighted by molar-refractivity contribution is -0.143. The highest BCUT2D eigenvalue weighted by Crippen LogP contribution is 2.32. The summed E-state index contributed by atoms with van der Waals surface area (Å²) in [5.74, 6) is 0.643. The van der Waals surface area contributed by atoms with E-state index in [9.17, 15) is 9.59 Å². The van der Waals surface area contributed by atoms with Crippen LogP contribution in [-0.2, 0) is 27.3 Å². The Morgan fingerprint density at radius 3 is 2.77 bits per heavy atom. The Morgan fingerprint density at radius 2 is 1.97 bits per heavy atom. The molecule has 0 saturated heterocycles. The van der Waals surface area contributed by atoms with Crippen LogP contribution in [0, 0.1) is 13.8 Å². The van der Waals surface area contributed by atoms with Crippen molar-refractivity contribution in [3.63, 3.8) is 0 Å². The molecule has 0 fully saturated rings. The van der Waals surface area contributed by atoms with Crippen molar-refractivity contribution in [2.24, 2.45) is 4.99 Å². The number of nitrogens with zero attached hydrogens (tertiary/aromatic N) is 2. The first-order valence-corrected chi connectivity index (χ1v) is 10.5. The fourth-order valence-corrected chi connectivity index (χ4v) is 4.55. The molecule has 0 spiro atoms. The molecule has 0 bridgehead atoms. The average molecular weight is 426 g/mol. The minimum absolute atomic E-state index is 0.00682. The van der Waals surface area contributed by atoms with E-state index in [1.165, 1.54) is 11.3 Å². The SMILES string of the molecule is CCOC(=O)Cn1c(=NC(=O)Cc2ccc3c(c2)OCO3)sc2c(C)cc(C)cc21. The zero-order valence-electron chi connectivity index (χ0n) is 17.1. The molecule has 1 amide bonds. The van der Waals surface area contributed by atoms with Crippen molar-refractivity contribution in [2.75, 3.05) is 13.4 Å². The molecule has 0 aliphatic carbocycles. The topological polar surface area (TPSA) is 79.1 Å². The zero-order chi connectivity index (χ0) is 21.3. The van der Waals surface area contributed by atoms with Crippen LogP contribution in [0.2, 0.25) is 0 Å². The van der Waals surface area contributed by atoms with Crippen LogP contribution in [0.3, 0.4) is 0 Å². The van der Waals surface area contributed by atoms with Crippen molar-refractivity contribution < 1.29 is 23.8 Å². The predicted molar refractivity (Wildman–Crippen MR) is 113 cm³/mol. The van der Waals surface area contributed by atoms with Gasteiger partial charge in [-0.2, -0.15) is 4.99 Å². The highest BCUT2D eigenvalue weighted by atomic mass is 32.1. The largest absolute Gasteiger partial charge is 0.465 e. The number of hydrogen-bond donors (Lipinski definition) is 0. The monoisotopic (exact) mass is 426 g/mol. The van der Waals surface area contributed by atoms with Gasteiger partial charge >= 0.3 is 5.97 Å². The maximum atomic E-state index is 12.7. The fourth-order valence-electron chi connectivity index (χ4n) is 3.46. The number of fused-ring (bicyclic) bond motifs is 2. The number of hydrogen-bond acceptors (Lipinski definition) is 6.